The number of benzene rings is 1. The maximum atomic E-state index is 12.9. The molecule has 1 fully saturated rings. The van der Waals surface area contributed by atoms with Crippen LogP contribution in [0.3, 0.4) is 0 Å². The number of pyridine rings is 1. The average Bonchev–Trinajstić information content (AvgIpc) is 3.16. The van der Waals surface area contributed by atoms with Crippen LogP contribution in [0.15, 0.2) is 42.6 Å². The first-order valence-electron chi connectivity index (χ1n) is 10.3. The number of carboxylic acid groups (broad SMARTS) is 1. The molecule has 0 saturated carbocycles. The lowest BCUT2D eigenvalue weighted by Gasteiger charge is -2.34. The quantitative estimate of drug-likeness (QED) is 0.440. The minimum Gasteiger partial charge on any atom is -0.478 e. The Morgan fingerprint density at radius 2 is 2.06 bits per heavy atom. The molecule has 0 aliphatic carbocycles. The van der Waals surface area contributed by atoms with E-state index < -0.39 is 11.6 Å². The number of hydrogen-bond donors (Lipinski definition) is 4. The molecule has 2 aromatic heterocycles. The SMILES string of the molecule is NC(N)(CC(=O)N1CCCC(Cc2nc3ccccc3[nH]2)C1)c1cc(C(=O)O)ccn1. The van der Waals surface area contributed by atoms with Gasteiger partial charge in [-0.15, -0.1) is 0 Å². The largest absolute Gasteiger partial charge is 0.478 e. The first-order valence-corrected chi connectivity index (χ1v) is 10.3. The summed E-state index contributed by atoms with van der Waals surface area (Å²) in [6.07, 6.45) is 3.85. The van der Waals surface area contributed by atoms with Crippen molar-refractivity contribution in [2.45, 2.75) is 31.3 Å². The number of amides is 1. The van der Waals surface area contributed by atoms with E-state index in [1.807, 2.05) is 24.3 Å². The molecule has 3 aromatic rings. The van der Waals surface area contributed by atoms with Crippen molar-refractivity contribution in [3.63, 3.8) is 0 Å². The monoisotopic (exact) mass is 422 g/mol. The number of carboxylic acids is 1. The van der Waals surface area contributed by atoms with Gasteiger partial charge in [-0.3, -0.25) is 9.78 Å². The Morgan fingerprint density at radius 3 is 2.84 bits per heavy atom. The molecule has 31 heavy (non-hydrogen) atoms. The van der Waals surface area contributed by atoms with Crippen LogP contribution in [0.5, 0.6) is 0 Å². The Hall–Kier alpha value is -3.30. The van der Waals surface area contributed by atoms with Gasteiger partial charge in [-0.25, -0.2) is 9.78 Å². The van der Waals surface area contributed by atoms with Gasteiger partial charge in [0, 0.05) is 25.7 Å². The van der Waals surface area contributed by atoms with Crippen molar-refractivity contribution in [3.8, 4) is 0 Å². The molecule has 3 heterocycles. The molecular formula is C22H26N6O3. The van der Waals surface area contributed by atoms with Gasteiger partial charge >= 0.3 is 5.97 Å². The minimum absolute atomic E-state index is 0.0293. The first-order chi connectivity index (χ1) is 14.8. The normalized spacial score (nSPS) is 17.1. The van der Waals surface area contributed by atoms with E-state index in [1.165, 1.54) is 18.3 Å². The molecular weight excluding hydrogens is 396 g/mol. The zero-order valence-electron chi connectivity index (χ0n) is 17.1. The summed E-state index contributed by atoms with van der Waals surface area (Å²) in [5.41, 5.74) is 13.0. The van der Waals surface area contributed by atoms with Gasteiger partial charge in [-0.05, 0) is 43.0 Å². The molecule has 162 valence electrons. The van der Waals surface area contributed by atoms with Crippen LogP contribution in [-0.4, -0.2) is 49.9 Å². The molecule has 4 rings (SSSR count). The van der Waals surface area contributed by atoms with Crippen LogP contribution in [0.2, 0.25) is 0 Å². The van der Waals surface area contributed by atoms with Gasteiger partial charge in [0.05, 0.1) is 28.7 Å². The highest BCUT2D eigenvalue weighted by atomic mass is 16.4. The number of fused-ring (bicyclic) bond motifs is 1. The van der Waals surface area contributed by atoms with Crippen molar-refractivity contribution in [3.05, 3.63) is 59.7 Å². The van der Waals surface area contributed by atoms with E-state index in [1.54, 1.807) is 4.90 Å². The number of nitrogens with one attached hydrogen (secondary N) is 1. The van der Waals surface area contributed by atoms with Gasteiger partial charge in [0.25, 0.3) is 0 Å². The van der Waals surface area contributed by atoms with E-state index in [0.29, 0.717) is 13.1 Å². The summed E-state index contributed by atoms with van der Waals surface area (Å²) in [6.45, 7) is 1.25. The number of carbonyl (C=O) groups is 2. The second-order valence-electron chi connectivity index (χ2n) is 8.20. The molecule has 0 bridgehead atoms. The van der Waals surface area contributed by atoms with E-state index in [9.17, 15) is 9.59 Å². The number of para-hydroxylation sites is 2. The lowest BCUT2D eigenvalue weighted by molar-refractivity contribution is -0.134. The van der Waals surface area contributed by atoms with Crippen molar-refractivity contribution in [2.24, 2.45) is 17.4 Å². The van der Waals surface area contributed by atoms with Crippen LogP contribution in [-0.2, 0) is 16.9 Å². The maximum absolute atomic E-state index is 12.9. The molecule has 9 heteroatoms. The third-order valence-electron chi connectivity index (χ3n) is 5.72. The molecule has 1 aliphatic rings. The molecule has 1 aromatic carbocycles. The van der Waals surface area contributed by atoms with Crippen molar-refractivity contribution in [1.29, 1.82) is 0 Å². The van der Waals surface area contributed by atoms with Gasteiger partial charge in [0.15, 0.2) is 0 Å². The van der Waals surface area contributed by atoms with Crippen LogP contribution in [0.4, 0.5) is 0 Å². The number of nitrogens with zero attached hydrogens (tertiary/aromatic N) is 3. The maximum Gasteiger partial charge on any atom is 0.335 e. The third-order valence-corrected chi connectivity index (χ3v) is 5.72. The van der Waals surface area contributed by atoms with Gasteiger partial charge in [-0.1, -0.05) is 12.1 Å². The van der Waals surface area contributed by atoms with Crippen LogP contribution >= 0.6 is 0 Å². The van der Waals surface area contributed by atoms with Crippen LogP contribution in [0.25, 0.3) is 11.0 Å². The number of aromatic amines is 1. The van der Waals surface area contributed by atoms with Gasteiger partial charge in [-0.2, -0.15) is 0 Å². The van der Waals surface area contributed by atoms with Crippen LogP contribution in [0.1, 0.15) is 41.1 Å². The van der Waals surface area contributed by atoms with Gasteiger partial charge in [0.2, 0.25) is 5.91 Å². The molecule has 1 atom stereocenters. The highest BCUT2D eigenvalue weighted by Crippen LogP contribution is 2.24. The fourth-order valence-corrected chi connectivity index (χ4v) is 4.10. The number of piperidine rings is 1. The first kappa shape index (κ1) is 21.0. The van der Waals surface area contributed by atoms with Gasteiger partial charge < -0.3 is 26.5 Å². The van der Waals surface area contributed by atoms with E-state index in [0.717, 1.165) is 36.1 Å². The molecule has 1 unspecified atom stereocenters. The number of imidazole rings is 1. The number of aromatic carboxylic acids is 1. The number of H-pyrrole nitrogens is 1. The molecule has 0 radical (unpaired) electrons. The number of carbonyl (C=O) groups excluding carboxylic acids is 1. The summed E-state index contributed by atoms with van der Waals surface area (Å²) in [5.74, 6) is -0.0593. The average molecular weight is 422 g/mol. The van der Waals surface area contributed by atoms with Crippen molar-refractivity contribution < 1.29 is 14.7 Å². The summed E-state index contributed by atoms with van der Waals surface area (Å²) >= 11 is 0. The number of aromatic nitrogens is 3. The van der Waals surface area contributed by atoms with Gasteiger partial charge in [0.1, 0.15) is 11.5 Å². The fraction of sp³-hybridized carbons (Fsp3) is 0.364. The second kappa shape index (κ2) is 8.44. The summed E-state index contributed by atoms with van der Waals surface area (Å²) < 4.78 is 0. The lowest BCUT2D eigenvalue weighted by atomic mass is 9.93. The molecule has 1 saturated heterocycles. The number of hydrogen-bond acceptors (Lipinski definition) is 6. The predicted octanol–water partition coefficient (Wildman–Crippen LogP) is 1.60. The minimum atomic E-state index is -1.55. The van der Waals surface area contributed by atoms with E-state index >= 15 is 0 Å². The fourth-order valence-electron chi connectivity index (χ4n) is 4.10. The summed E-state index contributed by atoms with van der Waals surface area (Å²) in [7, 11) is 0. The summed E-state index contributed by atoms with van der Waals surface area (Å²) in [5, 5.41) is 9.17. The van der Waals surface area contributed by atoms with Crippen molar-refractivity contribution >= 4 is 22.9 Å². The van der Waals surface area contributed by atoms with Crippen LogP contribution < -0.4 is 11.5 Å². The molecule has 1 aliphatic heterocycles. The summed E-state index contributed by atoms with van der Waals surface area (Å²) in [4.78, 5) is 38.0. The molecule has 0 spiro atoms. The molecule has 9 nitrogen and oxygen atoms in total. The van der Waals surface area contributed by atoms with Crippen molar-refractivity contribution in [2.75, 3.05) is 13.1 Å². The highest BCUT2D eigenvalue weighted by molar-refractivity contribution is 5.87. The van der Waals surface area contributed by atoms with E-state index in [-0.39, 0.29) is 29.5 Å². The van der Waals surface area contributed by atoms with E-state index in [4.69, 9.17) is 16.6 Å². The summed E-state index contributed by atoms with van der Waals surface area (Å²) in [6, 6.07) is 10.6. The smallest absolute Gasteiger partial charge is 0.335 e. The lowest BCUT2D eigenvalue weighted by Crippen LogP contribution is -2.52. The molecule has 1 amide bonds. The zero-order valence-corrected chi connectivity index (χ0v) is 17.1. The number of likely N-dealkylation sites (tertiary alicyclic amines) is 1. The Morgan fingerprint density at radius 1 is 1.26 bits per heavy atom. The predicted molar refractivity (Wildman–Crippen MR) is 115 cm³/mol. The number of nitrogens with two attached hydrogens (primary N) is 2. The Kier molecular flexibility index (Phi) is 5.71. The Balaban J connectivity index is 1.41. The topological polar surface area (TPSA) is 151 Å². The van der Waals surface area contributed by atoms with Crippen molar-refractivity contribution in [1.82, 2.24) is 19.9 Å². The third kappa shape index (κ3) is 4.73. The number of rotatable bonds is 6. The van der Waals surface area contributed by atoms with Crippen LogP contribution in [0, 0.1) is 5.92 Å². The van der Waals surface area contributed by atoms with E-state index in [2.05, 4.69) is 15.0 Å². The second-order valence-corrected chi connectivity index (χ2v) is 8.20. The standard InChI is InChI=1S/C22H26N6O3/c23-22(24,18-11-15(21(30)31)7-8-25-18)12-20(29)28-9-3-4-14(13-28)10-19-26-16-5-1-2-6-17(16)27-19/h1-2,5-8,11,14H,3-4,9-10,12-13,23-24H2,(H,26,27)(H,30,31). The molecule has 6 N–H and O–H groups in total. The Labute approximate surface area is 179 Å². The Bertz CT molecular complexity index is 1080. The highest BCUT2D eigenvalue weighted by Gasteiger charge is 2.32. The zero-order chi connectivity index (χ0) is 22.0.